The molecule has 1 aromatic rings. The molecular weight excluding hydrogens is 260 g/mol. The summed E-state index contributed by atoms with van der Waals surface area (Å²) >= 11 is 0. The average Bonchev–Trinajstić information content (AvgIpc) is 2.49. The molecule has 1 unspecified atom stereocenters. The van der Waals surface area contributed by atoms with E-state index in [0.29, 0.717) is 0 Å². The van der Waals surface area contributed by atoms with Crippen LogP contribution in [-0.4, -0.2) is 18.2 Å². The molecule has 0 aromatic heterocycles. The van der Waals surface area contributed by atoms with Gasteiger partial charge < -0.3 is 4.74 Å². The maximum atomic E-state index is 6.23. The average molecular weight is 290 g/mol. The minimum atomic E-state index is -0.110. The van der Waals surface area contributed by atoms with Crippen LogP contribution in [0.15, 0.2) is 24.3 Å². The molecule has 0 bridgehead atoms. The highest BCUT2D eigenvalue weighted by molar-refractivity contribution is 5.23. The van der Waals surface area contributed by atoms with Gasteiger partial charge in [0.25, 0.3) is 0 Å². The highest BCUT2D eigenvalue weighted by Gasteiger charge is 2.41. The Balaban J connectivity index is 2.13. The van der Waals surface area contributed by atoms with Crippen molar-refractivity contribution in [2.75, 3.05) is 6.61 Å². The fraction of sp³-hybridized carbons (Fsp3) is 0.667. The molecule has 0 heterocycles. The monoisotopic (exact) mass is 290 g/mol. The van der Waals surface area contributed by atoms with Crippen LogP contribution in [0.3, 0.4) is 0 Å². The van der Waals surface area contributed by atoms with E-state index >= 15 is 0 Å². The van der Waals surface area contributed by atoms with Gasteiger partial charge in [0.15, 0.2) is 0 Å². The fourth-order valence-electron chi connectivity index (χ4n) is 3.49. The van der Waals surface area contributed by atoms with E-state index in [-0.39, 0.29) is 11.6 Å². The second-order valence-corrected chi connectivity index (χ2v) is 6.59. The number of ether oxygens (including phenoxy) is 1. The van der Waals surface area contributed by atoms with Crippen LogP contribution >= 0.6 is 0 Å². The summed E-state index contributed by atoms with van der Waals surface area (Å²) in [4.78, 5) is 0. The van der Waals surface area contributed by atoms with Crippen molar-refractivity contribution in [3.8, 4) is 0 Å². The maximum Gasteiger partial charge on any atom is 0.0851 e. The van der Waals surface area contributed by atoms with E-state index in [1.165, 1.54) is 24.0 Å². The number of benzene rings is 1. The van der Waals surface area contributed by atoms with E-state index in [1.54, 1.807) is 0 Å². The molecule has 3 N–H and O–H groups in total. The van der Waals surface area contributed by atoms with Gasteiger partial charge in [-0.15, -0.1) is 0 Å². The number of hydrogen-bond acceptors (Lipinski definition) is 3. The number of rotatable bonds is 6. The van der Waals surface area contributed by atoms with Gasteiger partial charge in [-0.3, -0.25) is 11.3 Å². The molecule has 1 aliphatic rings. The highest BCUT2D eigenvalue weighted by atomic mass is 16.5. The number of nitrogens with two attached hydrogens (primary N) is 1. The van der Waals surface area contributed by atoms with Crippen LogP contribution in [0.25, 0.3) is 0 Å². The molecule has 0 radical (unpaired) electrons. The number of hydrogen-bond donors (Lipinski definition) is 2. The smallest absolute Gasteiger partial charge is 0.0851 e. The van der Waals surface area contributed by atoms with Crippen LogP contribution in [0.4, 0.5) is 0 Å². The molecule has 21 heavy (non-hydrogen) atoms. The van der Waals surface area contributed by atoms with Crippen LogP contribution in [0.1, 0.15) is 50.7 Å². The standard InChI is InChI=1S/C18H30N2O/c1-4-21-18(11-9-15(3)10-12-18)17(20-19)13-16-7-5-14(2)6-8-16/h5-8,15,17,20H,4,9-13,19H2,1-3H3. The first-order valence-electron chi connectivity index (χ1n) is 8.25. The Bertz CT molecular complexity index is 421. The third-order valence-corrected chi connectivity index (χ3v) is 4.95. The van der Waals surface area contributed by atoms with Gasteiger partial charge in [0, 0.05) is 6.61 Å². The Morgan fingerprint density at radius 1 is 1.29 bits per heavy atom. The summed E-state index contributed by atoms with van der Waals surface area (Å²) in [5.74, 6) is 6.70. The zero-order valence-corrected chi connectivity index (χ0v) is 13.7. The third kappa shape index (κ3) is 4.06. The van der Waals surface area contributed by atoms with Crippen LogP contribution < -0.4 is 11.3 Å². The SMILES string of the molecule is CCOC1(C(Cc2ccc(C)cc2)NN)CCC(C)CC1. The van der Waals surface area contributed by atoms with Crippen molar-refractivity contribution in [3.05, 3.63) is 35.4 Å². The topological polar surface area (TPSA) is 47.3 Å². The summed E-state index contributed by atoms with van der Waals surface area (Å²) in [5.41, 5.74) is 5.55. The lowest BCUT2D eigenvalue weighted by molar-refractivity contribution is -0.0961. The van der Waals surface area contributed by atoms with Crippen molar-refractivity contribution in [2.24, 2.45) is 11.8 Å². The summed E-state index contributed by atoms with van der Waals surface area (Å²) in [6, 6.07) is 8.90. The summed E-state index contributed by atoms with van der Waals surface area (Å²) in [7, 11) is 0. The van der Waals surface area contributed by atoms with Gasteiger partial charge in [0.2, 0.25) is 0 Å². The van der Waals surface area contributed by atoms with Crippen molar-refractivity contribution < 1.29 is 4.74 Å². The molecule has 0 aliphatic heterocycles. The van der Waals surface area contributed by atoms with E-state index in [4.69, 9.17) is 10.6 Å². The predicted molar refractivity (Wildman–Crippen MR) is 88.0 cm³/mol. The molecule has 3 heteroatoms. The molecule has 1 saturated carbocycles. The van der Waals surface area contributed by atoms with Crippen molar-refractivity contribution >= 4 is 0 Å². The van der Waals surface area contributed by atoms with Crippen LogP contribution in [0, 0.1) is 12.8 Å². The van der Waals surface area contributed by atoms with Gasteiger partial charge in [0.05, 0.1) is 11.6 Å². The molecule has 118 valence electrons. The molecule has 1 atom stereocenters. The van der Waals surface area contributed by atoms with Crippen molar-refractivity contribution in [1.82, 2.24) is 5.43 Å². The van der Waals surface area contributed by atoms with Crippen molar-refractivity contribution in [1.29, 1.82) is 0 Å². The lowest BCUT2D eigenvalue weighted by Gasteiger charge is -2.44. The molecule has 1 aromatic carbocycles. The van der Waals surface area contributed by atoms with Crippen molar-refractivity contribution in [2.45, 2.75) is 64.5 Å². The normalized spacial score (nSPS) is 27.5. The molecule has 2 rings (SSSR count). The summed E-state index contributed by atoms with van der Waals surface area (Å²) in [5, 5.41) is 0. The Morgan fingerprint density at radius 3 is 2.43 bits per heavy atom. The lowest BCUT2D eigenvalue weighted by atomic mass is 9.74. The minimum Gasteiger partial charge on any atom is -0.374 e. The van der Waals surface area contributed by atoms with E-state index in [1.807, 2.05) is 0 Å². The lowest BCUT2D eigenvalue weighted by Crippen LogP contribution is -2.57. The molecule has 1 aliphatic carbocycles. The van der Waals surface area contributed by atoms with Gasteiger partial charge in [-0.2, -0.15) is 0 Å². The molecule has 3 nitrogen and oxygen atoms in total. The summed E-state index contributed by atoms with van der Waals surface area (Å²) in [6.07, 6.45) is 5.58. The number of aryl methyl sites for hydroxylation is 1. The van der Waals surface area contributed by atoms with E-state index in [9.17, 15) is 0 Å². The minimum absolute atomic E-state index is 0.110. The zero-order chi connectivity index (χ0) is 15.3. The summed E-state index contributed by atoms with van der Waals surface area (Å²) in [6.45, 7) is 7.28. The van der Waals surface area contributed by atoms with Crippen LogP contribution in [-0.2, 0) is 11.2 Å². The molecule has 0 amide bonds. The molecule has 0 saturated heterocycles. The van der Waals surface area contributed by atoms with E-state index in [2.05, 4.69) is 50.5 Å². The summed E-state index contributed by atoms with van der Waals surface area (Å²) < 4.78 is 6.23. The first kappa shape index (κ1) is 16.5. The Hall–Kier alpha value is -0.900. The first-order valence-corrected chi connectivity index (χ1v) is 8.25. The van der Waals surface area contributed by atoms with E-state index < -0.39 is 0 Å². The van der Waals surface area contributed by atoms with Gasteiger partial charge in [-0.25, -0.2) is 0 Å². The highest BCUT2D eigenvalue weighted by Crippen LogP contribution is 2.38. The van der Waals surface area contributed by atoms with Crippen LogP contribution in [0.2, 0.25) is 0 Å². The Kier molecular flexibility index (Phi) is 5.80. The van der Waals surface area contributed by atoms with E-state index in [0.717, 1.165) is 31.8 Å². The Morgan fingerprint density at radius 2 is 1.90 bits per heavy atom. The first-order chi connectivity index (χ1) is 10.1. The zero-order valence-electron chi connectivity index (χ0n) is 13.7. The molecule has 0 spiro atoms. The number of hydrazine groups is 1. The Labute approximate surface area is 129 Å². The largest absolute Gasteiger partial charge is 0.374 e. The molecule has 1 fully saturated rings. The third-order valence-electron chi connectivity index (χ3n) is 4.95. The fourth-order valence-corrected chi connectivity index (χ4v) is 3.49. The van der Waals surface area contributed by atoms with Crippen molar-refractivity contribution in [3.63, 3.8) is 0 Å². The predicted octanol–water partition coefficient (Wildman–Crippen LogP) is 3.35. The second-order valence-electron chi connectivity index (χ2n) is 6.59. The van der Waals surface area contributed by atoms with Crippen LogP contribution in [0.5, 0.6) is 0 Å². The molecular formula is C18H30N2O. The van der Waals surface area contributed by atoms with Gasteiger partial charge in [-0.1, -0.05) is 36.8 Å². The number of nitrogens with one attached hydrogen (secondary N) is 1. The quantitative estimate of drug-likeness (QED) is 0.624. The second kappa shape index (κ2) is 7.39. The maximum absolute atomic E-state index is 6.23. The van der Waals surface area contributed by atoms with Gasteiger partial charge in [-0.05, 0) is 57.4 Å². The van der Waals surface area contributed by atoms with Gasteiger partial charge >= 0.3 is 0 Å². The van der Waals surface area contributed by atoms with Gasteiger partial charge in [0.1, 0.15) is 0 Å².